The van der Waals surface area contributed by atoms with Crippen LogP contribution in [0.15, 0.2) is 0 Å². The van der Waals surface area contributed by atoms with E-state index in [2.05, 4.69) is 35.8 Å². The van der Waals surface area contributed by atoms with E-state index in [-0.39, 0.29) is 0 Å². The van der Waals surface area contributed by atoms with Gasteiger partial charge in [-0.05, 0) is 31.3 Å². The van der Waals surface area contributed by atoms with E-state index < -0.39 is 0 Å². The van der Waals surface area contributed by atoms with E-state index in [4.69, 9.17) is 0 Å². The van der Waals surface area contributed by atoms with Gasteiger partial charge in [0.05, 0.1) is 0 Å². The van der Waals surface area contributed by atoms with Crippen molar-refractivity contribution in [3.63, 3.8) is 0 Å². The average Bonchev–Trinajstić information content (AvgIpc) is 2.65. The van der Waals surface area contributed by atoms with Gasteiger partial charge in [-0.2, -0.15) is 11.8 Å². The molecule has 1 N–H and O–H groups in total. The number of hydrogen-bond acceptors (Lipinski definition) is 3. The van der Waals surface area contributed by atoms with Crippen molar-refractivity contribution in [3.8, 4) is 0 Å². The maximum atomic E-state index is 3.50. The van der Waals surface area contributed by atoms with Gasteiger partial charge >= 0.3 is 0 Å². The molecule has 2 nitrogen and oxygen atoms in total. The Morgan fingerprint density at radius 2 is 2.27 bits per heavy atom. The third-order valence-electron chi connectivity index (χ3n) is 3.85. The van der Waals surface area contributed by atoms with Gasteiger partial charge in [0, 0.05) is 30.6 Å². The molecule has 0 aromatic carbocycles. The Balaban J connectivity index is 1.78. The first-order valence-electron chi connectivity index (χ1n) is 6.34. The Kier molecular flexibility index (Phi) is 4.35. The quantitative estimate of drug-likeness (QED) is 0.791. The summed E-state index contributed by atoms with van der Waals surface area (Å²) in [4.78, 5) is 2.69. The monoisotopic (exact) mass is 228 g/mol. The summed E-state index contributed by atoms with van der Waals surface area (Å²) in [5.74, 6) is 3.11. The summed E-state index contributed by atoms with van der Waals surface area (Å²) in [5.41, 5.74) is 0. The first kappa shape index (κ1) is 11.7. The fourth-order valence-electron chi connectivity index (χ4n) is 2.63. The Morgan fingerprint density at radius 1 is 1.40 bits per heavy atom. The maximum Gasteiger partial charge on any atom is 0.0172 e. The summed E-state index contributed by atoms with van der Waals surface area (Å²) in [6.45, 7) is 11.1. The van der Waals surface area contributed by atoms with Crippen LogP contribution in [0, 0.1) is 11.8 Å². The summed E-state index contributed by atoms with van der Waals surface area (Å²) in [6.07, 6.45) is 1.33. The van der Waals surface area contributed by atoms with Crippen LogP contribution in [0.2, 0.25) is 0 Å². The van der Waals surface area contributed by atoms with Gasteiger partial charge in [0.25, 0.3) is 0 Å². The molecule has 2 rings (SSSR count). The van der Waals surface area contributed by atoms with E-state index in [1.165, 1.54) is 44.9 Å². The van der Waals surface area contributed by atoms with E-state index in [1.807, 2.05) is 0 Å². The first-order valence-corrected chi connectivity index (χ1v) is 7.39. The molecule has 3 atom stereocenters. The minimum atomic E-state index is 0.875. The molecule has 15 heavy (non-hydrogen) atoms. The summed E-state index contributed by atoms with van der Waals surface area (Å²) < 4.78 is 0. The predicted molar refractivity (Wildman–Crippen MR) is 68.5 cm³/mol. The molecule has 0 aromatic heterocycles. The highest BCUT2D eigenvalue weighted by atomic mass is 32.2. The first-order chi connectivity index (χ1) is 7.29. The molecule has 1 unspecified atom stereocenters. The molecule has 0 amide bonds. The topological polar surface area (TPSA) is 15.3 Å². The average molecular weight is 228 g/mol. The number of thioether (sulfide) groups is 1. The van der Waals surface area contributed by atoms with Gasteiger partial charge in [0.1, 0.15) is 0 Å². The third-order valence-corrected chi connectivity index (χ3v) is 5.22. The molecular weight excluding hydrogens is 204 g/mol. The molecule has 3 heteroatoms. The van der Waals surface area contributed by atoms with Gasteiger partial charge < -0.3 is 10.2 Å². The number of rotatable bonds is 3. The molecule has 2 saturated heterocycles. The predicted octanol–water partition coefficient (Wildman–Crippen LogP) is 1.67. The number of nitrogens with zero attached hydrogens (tertiary/aromatic N) is 1. The second-order valence-corrected chi connectivity index (χ2v) is 6.46. The largest absolute Gasteiger partial charge is 0.316 e. The van der Waals surface area contributed by atoms with Crippen molar-refractivity contribution < 1.29 is 0 Å². The zero-order valence-electron chi connectivity index (χ0n) is 10.0. The molecule has 0 radical (unpaired) electrons. The Bertz CT molecular complexity index is 198. The van der Waals surface area contributed by atoms with Crippen LogP contribution >= 0.6 is 11.8 Å². The number of nitrogens with one attached hydrogen (secondary N) is 1. The normalized spacial score (nSPS) is 38.4. The minimum Gasteiger partial charge on any atom is -0.316 e. The highest BCUT2D eigenvalue weighted by molar-refractivity contribution is 8.00. The van der Waals surface area contributed by atoms with Crippen molar-refractivity contribution in [3.05, 3.63) is 0 Å². The van der Waals surface area contributed by atoms with Crippen LogP contribution < -0.4 is 5.32 Å². The SMILES string of the molecule is CCC1CN(C[C@@H]2CNC[C@H]2C)CCS1. The van der Waals surface area contributed by atoms with Crippen LogP contribution in [-0.4, -0.2) is 48.6 Å². The van der Waals surface area contributed by atoms with E-state index in [0.717, 1.165) is 17.1 Å². The van der Waals surface area contributed by atoms with Crippen molar-refractivity contribution in [1.29, 1.82) is 0 Å². The van der Waals surface area contributed by atoms with Crippen LogP contribution in [0.25, 0.3) is 0 Å². The minimum absolute atomic E-state index is 0.875. The zero-order chi connectivity index (χ0) is 10.7. The fraction of sp³-hybridized carbons (Fsp3) is 1.00. The molecule has 0 spiro atoms. The zero-order valence-corrected chi connectivity index (χ0v) is 10.9. The highest BCUT2D eigenvalue weighted by Gasteiger charge is 2.27. The van der Waals surface area contributed by atoms with Crippen LogP contribution in [0.3, 0.4) is 0 Å². The Labute approximate surface area is 98.2 Å². The van der Waals surface area contributed by atoms with E-state index in [9.17, 15) is 0 Å². The van der Waals surface area contributed by atoms with Gasteiger partial charge in [0.15, 0.2) is 0 Å². The molecule has 2 fully saturated rings. The fourth-order valence-corrected chi connectivity index (χ4v) is 3.88. The van der Waals surface area contributed by atoms with Crippen molar-refractivity contribution in [2.75, 3.05) is 38.5 Å². The summed E-state index contributed by atoms with van der Waals surface area (Å²) >= 11 is 2.17. The van der Waals surface area contributed by atoms with Gasteiger partial charge in [-0.1, -0.05) is 13.8 Å². The number of hydrogen-bond donors (Lipinski definition) is 1. The van der Waals surface area contributed by atoms with Crippen LogP contribution in [0.5, 0.6) is 0 Å². The van der Waals surface area contributed by atoms with E-state index >= 15 is 0 Å². The molecule has 2 aliphatic heterocycles. The van der Waals surface area contributed by atoms with Gasteiger partial charge in [-0.15, -0.1) is 0 Å². The van der Waals surface area contributed by atoms with Gasteiger partial charge in [0.2, 0.25) is 0 Å². The summed E-state index contributed by atoms with van der Waals surface area (Å²) in [7, 11) is 0. The second kappa shape index (κ2) is 5.55. The maximum absolute atomic E-state index is 3.50. The molecular formula is C12H24N2S. The summed E-state index contributed by atoms with van der Waals surface area (Å²) in [6, 6.07) is 0. The van der Waals surface area contributed by atoms with Crippen molar-refractivity contribution in [2.45, 2.75) is 25.5 Å². The van der Waals surface area contributed by atoms with Crippen molar-refractivity contribution in [1.82, 2.24) is 10.2 Å². The molecule has 88 valence electrons. The van der Waals surface area contributed by atoms with Crippen molar-refractivity contribution >= 4 is 11.8 Å². The Hall–Kier alpha value is 0.270. The highest BCUT2D eigenvalue weighted by Crippen LogP contribution is 2.24. The van der Waals surface area contributed by atoms with Crippen LogP contribution in [0.4, 0.5) is 0 Å². The molecule has 0 bridgehead atoms. The lowest BCUT2D eigenvalue weighted by Gasteiger charge is -2.34. The van der Waals surface area contributed by atoms with Crippen LogP contribution in [-0.2, 0) is 0 Å². The molecule has 2 aliphatic rings. The third kappa shape index (κ3) is 3.11. The lowest BCUT2D eigenvalue weighted by Crippen LogP contribution is -2.41. The van der Waals surface area contributed by atoms with Gasteiger partial charge in [-0.3, -0.25) is 0 Å². The van der Waals surface area contributed by atoms with Gasteiger partial charge in [-0.25, -0.2) is 0 Å². The van der Waals surface area contributed by atoms with Crippen molar-refractivity contribution in [2.24, 2.45) is 11.8 Å². The Morgan fingerprint density at radius 3 is 2.93 bits per heavy atom. The van der Waals surface area contributed by atoms with Crippen LogP contribution in [0.1, 0.15) is 20.3 Å². The van der Waals surface area contributed by atoms with E-state index in [0.29, 0.717) is 0 Å². The molecule has 0 aliphatic carbocycles. The van der Waals surface area contributed by atoms with E-state index in [1.54, 1.807) is 0 Å². The molecule has 2 heterocycles. The lowest BCUT2D eigenvalue weighted by molar-refractivity contribution is 0.223. The molecule has 0 aromatic rings. The summed E-state index contributed by atoms with van der Waals surface area (Å²) in [5, 5.41) is 4.40. The molecule has 0 saturated carbocycles. The lowest BCUT2D eigenvalue weighted by atomic mass is 9.97. The standard InChI is InChI=1S/C12H24N2S/c1-3-12-9-14(4-5-15-12)8-11-7-13-6-10(11)2/h10-13H,3-9H2,1-2H3/t10-,11+,12?/m1/s1. The second-order valence-electron chi connectivity index (χ2n) is 5.06. The smallest absolute Gasteiger partial charge is 0.0172 e.